The Morgan fingerprint density at radius 1 is 1.10 bits per heavy atom. The fourth-order valence-electron chi connectivity index (χ4n) is 3.63. The molecule has 1 saturated heterocycles. The molecule has 3 rings (SSSR count). The zero-order chi connectivity index (χ0) is 20.9. The van der Waals surface area contributed by atoms with E-state index in [2.05, 4.69) is 5.32 Å². The van der Waals surface area contributed by atoms with E-state index in [0.29, 0.717) is 37.5 Å². The largest absolute Gasteiger partial charge is 0.356 e. The Morgan fingerprint density at radius 3 is 2.45 bits per heavy atom. The average Bonchev–Trinajstić information content (AvgIpc) is 2.69. The van der Waals surface area contributed by atoms with E-state index < -0.39 is 10.0 Å². The summed E-state index contributed by atoms with van der Waals surface area (Å²) < 4.78 is 26.9. The van der Waals surface area contributed by atoms with E-state index in [1.807, 2.05) is 55.5 Å². The van der Waals surface area contributed by atoms with Crippen molar-refractivity contribution in [2.45, 2.75) is 31.9 Å². The summed E-state index contributed by atoms with van der Waals surface area (Å²) in [6.45, 7) is 3.30. The number of rotatable bonds is 7. The summed E-state index contributed by atoms with van der Waals surface area (Å²) in [6, 6.07) is 15.1. The highest BCUT2D eigenvalue weighted by Gasteiger charge is 2.31. The van der Waals surface area contributed by atoms with Crippen molar-refractivity contribution in [1.29, 1.82) is 0 Å². The molecule has 0 unspecified atom stereocenters. The number of aryl methyl sites for hydroxylation is 1. The van der Waals surface area contributed by atoms with E-state index in [1.54, 1.807) is 0 Å². The minimum Gasteiger partial charge on any atom is -0.356 e. The van der Waals surface area contributed by atoms with Gasteiger partial charge in [-0.25, -0.2) is 12.7 Å². The molecule has 7 heteroatoms. The van der Waals surface area contributed by atoms with Gasteiger partial charge in [0.2, 0.25) is 15.9 Å². The van der Waals surface area contributed by atoms with Crippen molar-refractivity contribution < 1.29 is 13.2 Å². The lowest BCUT2D eigenvalue weighted by molar-refractivity contribution is -0.126. The lowest BCUT2D eigenvalue weighted by Gasteiger charge is -2.30. The quantitative estimate of drug-likeness (QED) is 0.724. The zero-order valence-electron chi connectivity index (χ0n) is 16.6. The van der Waals surface area contributed by atoms with Crippen LogP contribution in [0.4, 0.5) is 0 Å². The second-order valence-electron chi connectivity index (χ2n) is 7.59. The fraction of sp³-hybridized carbons (Fsp3) is 0.409. The monoisotopic (exact) mass is 434 g/mol. The number of hydrogen-bond donors (Lipinski definition) is 1. The van der Waals surface area contributed by atoms with Crippen LogP contribution in [0.15, 0.2) is 48.5 Å². The number of carbonyl (C=O) groups is 1. The first-order valence-electron chi connectivity index (χ1n) is 9.89. The molecule has 2 aromatic carbocycles. The summed E-state index contributed by atoms with van der Waals surface area (Å²) >= 11 is 5.88. The number of halogens is 1. The predicted octanol–water partition coefficient (Wildman–Crippen LogP) is 3.55. The van der Waals surface area contributed by atoms with E-state index in [-0.39, 0.29) is 17.6 Å². The van der Waals surface area contributed by atoms with E-state index >= 15 is 0 Å². The lowest BCUT2D eigenvalue weighted by atomic mass is 9.97. The normalized spacial score (nSPS) is 15.9. The third-order valence-corrected chi connectivity index (χ3v) is 7.38. The first-order chi connectivity index (χ1) is 13.8. The molecular formula is C22H27ClN2O3S. The van der Waals surface area contributed by atoms with Gasteiger partial charge in [0.15, 0.2) is 0 Å². The molecule has 0 saturated carbocycles. The maximum atomic E-state index is 12.7. The highest BCUT2D eigenvalue weighted by atomic mass is 35.5. The number of nitrogens with one attached hydrogen (secondary N) is 1. The highest BCUT2D eigenvalue weighted by molar-refractivity contribution is 7.88. The maximum Gasteiger partial charge on any atom is 0.223 e. The van der Waals surface area contributed by atoms with Gasteiger partial charge in [-0.05, 0) is 49.4 Å². The van der Waals surface area contributed by atoms with Crippen LogP contribution in [-0.4, -0.2) is 38.3 Å². The molecule has 0 radical (unpaired) electrons. The van der Waals surface area contributed by atoms with Gasteiger partial charge in [-0.3, -0.25) is 4.79 Å². The van der Waals surface area contributed by atoms with E-state index in [4.69, 9.17) is 11.6 Å². The second-order valence-corrected chi connectivity index (χ2v) is 9.99. The summed E-state index contributed by atoms with van der Waals surface area (Å²) in [5, 5.41) is 3.67. The fourth-order valence-corrected chi connectivity index (χ4v) is 5.30. The summed E-state index contributed by atoms with van der Waals surface area (Å²) in [6.07, 6.45) is 1.85. The van der Waals surface area contributed by atoms with Gasteiger partial charge in [0.1, 0.15) is 0 Å². The predicted molar refractivity (Wildman–Crippen MR) is 116 cm³/mol. The molecule has 0 bridgehead atoms. The molecule has 5 nitrogen and oxygen atoms in total. The Hall–Kier alpha value is -1.89. The van der Waals surface area contributed by atoms with Crippen LogP contribution in [0.25, 0.3) is 0 Å². The summed E-state index contributed by atoms with van der Waals surface area (Å²) in [5.41, 5.74) is 2.96. The molecule has 0 aliphatic carbocycles. The van der Waals surface area contributed by atoms with Crippen molar-refractivity contribution in [2.75, 3.05) is 19.6 Å². The smallest absolute Gasteiger partial charge is 0.223 e. The molecule has 29 heavy (non-hydrogen) atoms. The van der Waals surface area contributed by atoms with Crippen molar-refractivity contribution in [3.63, 3.8) is 0 Å². The standard InChI is InChI=1S/C22H27ClN2O3S/c1-17-3-2-4-19(15-17)16-29(27,28)25-13-10-20(11-14-25)22(26)24-12-9-18-5-7-21(23)8-6-18/h2-8,15,20H,9-14,16H2,1H3,(H,24,26). The molecule has 1 aliphatic heterocycles. The summed E-state index contributed by atoms with van der Waals surface area (Å²) in [5.74, 6) is -0.118. The van der Waals surface area contributed by atoms with Gasteiger partial charge in [-0.2, -0.15) is 0 Å². The molecule has 1 aliphatic rings. The number of carbonyl (C=O) groups excluding carboxylic acids is 1. The minimum absolute atomic E-state index is 0.00658. The van der Waals surface area contributed by atoms with Crippen LogP contribution >= 0.6 is 11.6 Å². The van der Waals surface area contributed by atoms with Crippen LogP contribution in [-0.2, 0) is 27.0 Å². The Balaban J connectivity index is 1.45. The van der Waals surface area contributed by atoms with Gasteiger partial charge in [0, 0.05) is 30.6 Å². The van der Waals surface area contributed by atoms with Crippen LogP contribution in [0, 0.1) is 12.8 Å². The number of benzene rings is 2. The third-order valence-electron chi connectivity index (χ3n) is 5.28. The van der Waals surface area contributed by atoms with Crippen LogP contribution < -0.4 is 5.32 Å². The molecule has 1 amide bonds. The SMILES string of the molecule is Cc1cccc(CS(=O)(=O)N2CCC(C(=O)NCCc3ccc(Cl)cc3)CC2)c1. The number of nitrogens with zero attached hydrogens (tertiary/aromatic N) is 1. The van der Waals surface area contributed by atoms with Gasteiger partial charge in [-0.15, -0.1) is 0 Å². The van der Waals surface area contributed by atoms with Crippen molar-refractivity contribution in [3.8, 4) is 0 Å². The Kier molecular flexibility index (Phi) is 7.33. The minimum atomic E-state index is -3.37. The van der Waals surface area contributed by atoms with Gasteiger partial charge >= 0.3 is 0 Å². The Labute approximate surface area is 178 Å². The van der Waals surface area contributed by atoms with Crippen LogP contribution in [0.1, 0.15) is 29.5 Å². The van der Waals surface area contributed by atoms with Gasteiger partial charge in [-0.1, -0.05) is 53.6 Å². The van der Waals surface area contributed by atoms with Crippen LogP contribution in [0.2, 0.25) is 5.02 Å². The van der Waals surface area contributed by atoms with Crippen molar-refractivity contribution >= 4 is 27.5 Å². The number of amides is 1. The van der Waals surface area contributed by atoms with Gasteiger partial charge < -0.3 is 5.32 Å². The average molecular weight is 435 g/mol. The van der Waals surface area contributed by atoms with Crippen LogP contribution in [0.3, 0.4) is 0 Å². The van der Waals surface area contributed by atoms with Crippen molar-refractivity contribution in [2.24, 2.45) is 5.92 Å². The molecule has 1 heterocycles. The Morgan fingerprint density at radius 2 is 1.79 bits per heavy atom. The first kappa shape index (κ1) is 21.8. The highest BCUT2D eigenvalue weighted by Crippen LogP contribution is 2.22. The molecule has 0 atom stereocenters. The van der Waals surface area contributed by atoms with E-state index in [1.165, 1.54) is 4.31 Å². The third kappa shape index (κ3) is 6.29. The van der Waals surface area contributed by atoms with Crippen molar-refractivity contribution in [3.05, 3.63) is 70.2 Å². The molecule has 2 aromatic rings. The van der Waals surface area contributed by atoms with E-state index in [0.717, 1.165) is 23.1 Å². The van der Waals surface area contributed by atoms with Crippen LogP contribution in [0.5, 0.6) is 0 Å². The number of sulfonamides is 1. The molecular weight excluding hydrogens is 408 g/mol. The molecule has 156 valence electrons. The second kappa shape index (κ2) is 9.74. The first-order valence-corrected chi connectivity index (χ1v) is 11.9. The lowest BCUT2D eigenvalue weighted by Crippen LogP contribution is -2.43. The summed E-state index contributed by atoms with van der Waals surface area (Å²) in [4.78, 5) is 12.4. The maximum absolute atomic E-state index is 12.7. The van der Waals surface area contributed by atoms with Crippen molar-refractivity contribution in [1.82, 2.24) is 9.62 Å². The zero-order valence-corrected chi connectivity index (χ0v) is 18.2. The number of hydrogen-bond acceptors (Lipinski definition) is 3. The van der Waals surface area contributed by atoms with E-state index in [9.17, 15) is 13.2 Å². The molecule has 0 aromatic heterocycles. The molecule has 1 N–H and O–H groups in total. The summed E-state index contributed by atoms with van der Waals surface area (Å²) in [7, 11) is -3.37. The Bertz CT molecular complexity index is 937. The molecule has 0 spiro atoms. The topological polar surface area (TPSA) is 66.5 Å². The molecule has 1 fully saturated rings. The van der Waals surface area contributed by atoms with Gasteiger partial charge in [0.25, 0.3) is 0 Å². The number of piperidine rings is 1. The van der Waals surface area contributed by atoms with Gasteiger partial charge in [0.05, 0.1) is 5.75 Å².